The molecule has 0 bridgehead atoms. The van der Waals surface area contributed by atoms with E-state index in [1.165, 1.54) is 0 Å². The number of ether oxygens (including phenoxy) is 1. The first kappa shape index (κ1) is 9.68. The van der Waals surface area contributed by atoms with Gasteiger partial charge in [-0.3, -0.25) is 0 Å². The lowest BCUT2D eigenvalue weighted by molar-refractivity contribution is 0.0790. The second-order valence-electron chi connectivity index (χ2n) is 3.67. The molecule has 0 aromatic carbocycles. The average Bonchev–Trinajstić information content (AvgIpc) is 2.61. The fourth-order valence-electron chi connectivity index (χ4n) is 1.89. The first-order chi connectivity index (χ1) is 6.81. The van der Waals surface area contributed by atoms with Crippen LogP contribution in [0.3, 0.4) is 0 Å². The maximum Gasteiger partial charge on any atom is 0.208 e. The normalized spacial score (nSPS) is 22.6. The Balaban J connectivity index is 2.17. The molecule has 1 atom stereocenters. The van der Waals surface area contributed by atoms with Crippen LogP contribution < -0.4 is 5.73 Å². The smallest absolute Gasteiger partial charge is 0.208 e. The third-order valence-electron chi connectivity index (χ3n) is 2.60. The van der Waals surface area contributed by atoms with Crippen LogP contribution in [-0.2, 0) is 11.3 Å². The molecule has 0 radical (unpaired) electrons. The molecule has 2 rings (SSSR count). The number of nitrogens with two attached hydrogens (primary N) is 1. The minimum Gasteiger partial charge on any atom is -0.444 e. The van der Waals surface area contributed by atoms with E-state index in [0.717, 1.165) is 37.5 Å². The lowest BCUT2D eigenvalue weighted by Crippen LogP contribution is -2.16. The Morgan fingerprint density at radius 3 is 3.00 bits per heavy atom. The molecule has 0 aliphatic carbocycles. The van der Waals surface area contributed by atoms with Crippen LogP contribution in [0.25, 0.3) is 0 Å². The number of hydrogen-bond donors (Lipinski definition) is 1. The third kappa shape index (κ3) is 1.81. The van der Waals surface area contributed by atoms with Crippen LogP contribution in [0.4, 0.5) is 0 Å². The summed E-state index contributed by atoms with van der Waals surface area (Å²) in [5.74, 6) is 1.91. The predicted molar refractivity (Wildman–Crippen MR) is 51.9 cm³/mol. The molecule has 0 saturated carbocycles. The molecular weight excluding hydrogens is 180 g/mol. The molecule has 0 spiro atoms. The SMILES string of the molecule is Cc1oc(CN)nc1C1CCCOC1. The lowest BCUT2D eigenvalue weighted by atomic mass is 9.98. The summed E-state index contributed by atoms with van der Waals surface area (Å²) in [5.41, 5.74) is 6.51. The van der Waals surface area contributed by atoms with Gasteiger partial charge in [-0.1, -0.05) is 0 Å². The van der Waals surface area contributed by atoms with Crippen molar-refractivity contribution in [1.82, 2.24) is 4.98 Å². The van der Waals surface area contributed by atoms with Gasteiger partial charge in [-0.25, -0.2) is 4.98 Å². The summed E-state index contributed by atoms with van der Waals surface area (Å²) >= 11 is 0. The van der Waals surface area contributed by atoms with E-state index in [4.69, 9.17) is 14.9 Å². The molecule has 1 fully saturated rings. The monoisotopic (exact) mass is 196 g/mol. The Morgan fingerprint density at radius 2 is 2.43 bits per heavy atom. The van der Waals surface area contributed by atoms with Crippen LogP contribution in [0.5, 0.6) is 0 Å². The fourth-order valence-corrected chi connectivity index (χ4v) is 1.89. The first-order valence-corrected chi connectivity index (χ1v) is 5.05. The van der Waals surface area contributed by atoms with E-state index >= 15 is 0 Å². The quantitative estimate of drug-likeness (QED) is 0.775. The molecular formula is C10H16N2O2. The molecule has 1 aliphatic heterocycles. The highest BCUT2D eigenvalue weighted by molar-refractivity contribution is 5.14. The molecule has 1 aromatic rings. The van der Waals surface area contributed by atoms with Crippen molar-refractivity contribution in [2.75, 3.05) is 13.2 Å². The summed E-state index contributed by atoms with van der Waals surface area (Å²) in [6.45, 7) is 3.94. The highest BCUT2D eigenvalue weighted by Gasteiger charge is 2.22. The number of rotatable bonds is 2. The summed E-state index contributed by atoms with van der Waals surface area (Å²) in [4.78, 5) is 4.38. The average molecular weight is 196 g/mol. The Labute approximate surface area is 83.4 Å². The Morgan fingerprint density at radius 1 is 1.57 bits per heavy atom. The summed E-state index contributed by atoms with van der Waals surface area (Å²) < 4.78 is 10.8. The standard InChI is InChI=1S/C10H16N2O2/c1-7-10(12-9(5-11)14-7)8-3-2-4-13-6-8/h8H,2-6,11H2,1H3. The molecule has 78 valence electrons. The van der Waals surface area contributed by atoms with Crippen LogP contribution in [0.2, 0.25) is 0 Å². The van der Waals surface area contributed by atoms with Gasteiger partial charge in [0.05, 0.1) is 18.8 Å². The number of aromatic nitrogens is 1. The van der Waals surface area contributed by atoms with Gasteiger partial charge >= 0.3 is 0 Å². The Hall–Kier alpha value is -0.870. The summed E-state index contributed by atoms with van der Waals surface area (Å²) in [6, 6.07) is 0. The zero-order valence-electron chi connectivity index (χ0n) is 8.45. The fraction of sp³-hybridized carbons (Fsp3) is 0.700. The third-order valence-corrected chi connectivity index (χ3v) is 2.60. The molecule has 1 saturated heterocycles. The number of aryl methyl sites for hydroxylation is 1. The largest absolute Gasteiger partial charge is 0.444 e. The zero-order chi connectivity index (χ0) is 9.97. The number of hydrogen-bond acceptors (Lipinski definition) is 4. The van der Waals surface area contributed by atoms with Crippen LogP contribution in [0, 0.1) is 6.92 Å². The van der Waals surface area contributed by atoms with Gasteiger partial charge in [-0.15, -0.1) is 0 Å². The maximum atomic E-state index is 5.47. The summed E-state index contributed by atoms with van der Waals surface area (Å²) in [7, 11) is 0. The summed E-state index contributed by atoms with van der Waals surface area (Å²) in [5, 5.41) is 0. The predicted octanol–water partition coefficient (Wildman–Crippen LogP) is 1.34. The van der Waals surface area contributed by atoms with E-state index in [1.807, 2.05) is 6.92 Å². The van der Waals surface area contributed by atoms with Crippen molar-refractivity contribution in [2.24, 2.45) is 5.73 Å². The minimum absolute atomic E-state index is 0.369. The van der Waals surface area contributed by atoms with Crippen LogP contribution in [0.15, 0.2) is 4.42 Å². The highest BCUT2D eigenvalue weighted by atomic mass is 16.5. The van der Waals surface area contributed by atoms with E-state index in [9.17, 15) is 0 Å². The van der Waals surface area contributed by atoms with Crippen LogP contribution in [-0.4, -0.2) is 18.2 Å². The first-order valence-electron chi connectivity index (χ1n) is 5.05. The Kier molecular flexibility index (Phi) is 2.84. The van der Waals surface area contributed by atoms with Gasteiger partial charge in [-0.05, 0) is 19.8 Å². The van der Waals surface area contributed by atoms with E-state index < -0.39 is 0 Å². The van der Waals surface area contributed by atoms with Crippen LogP contribution in [0.1, 0.15) is 36.1 Å². The molecule has 14 heavy (non-hydrogen) atoms. The number of oxazole rings is 1. The van der Waals surface area contributed by atoms with E-state index in [0.29, 0.717) is 18.4 Å². The molecule has 4 heteroatoms. The Bertz CT molecular complexity index is 303. The van der Waals surface area contributed by atoms with Crippen molar-refractivity contribution in [3.8, 4) is 0 Å². The van der Waals surface area contributed by atoms with E-state index in [-0.39, 0.29) is 0 Å². The van der Waals surface area contributed by atoms with Gasteiger partial charge in [0.25, 0.3) is 0 Å². The summed E-state index contributed by atoms with van der Waals surface area (Å²) in [6.07, 6.45) is 2.24. The highest BCUT2D eigenvalue weighted by Crippen LogP contribution is 2.27. The molecule has 2 N–H and O–H groups in total. The van der Waals surface area contributed by atoms with Gasteiger partial charge in [0.1, 0.15) is 5.76 Å². The van der Waals surface area contributed by atoms with Gasteiger partial charge in [0.15, 0.2) is 0 Å². The molecule has 0 amide bonds. The van der Waals surface area contributed by atoms with Crippen LogP contribution >= 0.6 is 0 Å². The van der Waals surface area contributed by atoms with Gasteiger partial charge < -0.3 is 14.9 Å². The van der Waals surface area contributed by atoms with Crippen molar-refractivity contribution >= 4 is 0 Å². The minimum atomic E-state index is 0.369. The topological polar surface area (TPSA) is 61.3 Å². The second-order valence-corrected chi connectivity index (χ2v) is 3.67. The van der Waals surface area contributed by atoms with Crippen molar-refractivity contribution in [3.63, 3.8) is 0 Å². The molecule has 2 heterocycles. The van der Waals surface area contributed by atoms with E-state index in [1.54, 1.807) is 0 Å². The molecule has 1 aliphatic rings. The molecule has 1 unspecified atom stereocenters. The van der Waals surface area contributed by atoms with Gasteiger partial charge in [-0.2, -0.15) is 0 Å². The molecule has 4 nitrogen and oxygen atoms in total. The molecule has 1 aromatic heterocycles. The number of nitrogens with zero attached hydrogens (tertiary/aromatic N) is 1. The second kappa shape index (κ2) is 4.11. The van der Waals surface area contributed by atoms with Crippen molar-refractivity contribution in [1.29, 1.82) is 0 Å². The van der Waals surface area contributed by atoms with Gasteiger partial charge in [0, 0.05) is 12.5 Å². The van der Waals surface area contributed by atoms with Gasteiger partial charge in [0.2, 0.25) is 5.89 Å². The maximum absolute atomic E-state index is 5.47. The van der Waals surface area contributed by atoms with Crippen molar-refractivity contribution in [2.45, 2.75) is 32.2 Å². The van der Waals surface area contributed by atoms with Crippen molar-refractivity contribution in [3.05, 3.63) is 17.3 Å². The lowest BCUT2D eigenvalue weighted by Gasteiger charge is -2.20. The zero-order valence-corrected chi connectivity index (χ0v) is 8.45. The van der Waals surface area contributed by atoms with E-state index in [2.05, 4.69) is 4.98 Å². The van der Waals surface area contributed by atoms with Crippen molar-refractivity contribution < 1.29 is 9.15 Å².